The molecule has 0 N–H and O–H groups in total. The number of rotatable bonds is 1. The highest BCUT2D eigenvalue weighted by Gasteiger charge is 2.33. The number of halogens is 1. The van der Waals surface area contributed by atoms with E-state index >= 15 is 0 Å². The Balaban J connectivity index is 1.88. The maximum absolute atomic E-state index is 8.96. The van der Waals surface area contributed by atoms with E-state index in [2.05, 4.69) is 17.0 Å². The van der Waals surface area contributed by atoms with Gasteiger partial charge in [-0.05, 0) is 49.8 Å². The van der Waals surface area contributed by atoms with Gasteiger partial charge in [0.1, 0.15) is 6.07 Å². The minimum atomic E-state index is 0.572. The SMILES string of the molecule is N#Cc1ccc(N2CCCC3CCCCC32)cc1Cl. The van der Waals surface area contributed by atoms with E-state index < -0.39 is 0 Å². The van der Waals surface area contributed by atoms with Gasteiger partial charge in [-0.2, -0.15) is 5.26 Å². The highest BCUT2D eigenvalue weighted by molar-refractivity contribution is 6.32. The first-order chi connectivity index (χ1) is 9.29. The average Bonchev–Trinajstić information content (AvgIpc) is 2.46. The second-order valence-electron chi connectivity index (χ2n) is 5.72. The number of hydrogen-bond donors (Lipinski definition) is 0. The molecule has 0 radical (unpaired) electrons. The van der Waals surface area contributed by atoms with Crippen LogP contribution < -0.4 is 4.90 Å². The molecule has 1 saturated heterocycles. The first-order valence-electron chi connectivity index (χ1n) is 7.26. The third kappa shape index (κ3) is 2.44. The zero-order chi connectivity index (χ0) is 13.2. The van der Waals surface area contributed by atoms with Crippen molar-refractivity contribution in [1.29, 1.82) is 5.26 Å². The number of nitrogens with zero attached hydrogens (tertiary/aromatic N) is 2. The van der Waals surface area contributed by atoms with Crippen molar-refractivity contribution < 1.29 is 0 Å². The summed E-state index contributed by atoms with van der Waals surface area (Å²) < 4.78 is 0. The molecule has 2 fully saturated rings. The van der Waals surface area contributed by atoms with E-state index in [9.17, 15) is 0 Å². The van der Waals surface area contributed by atoms with Crippen LogP contribution >= 0.6 is 11.6 Å². The Bertz CT molecular complexity index is 504. The van der Waals surface area contributed by atoms with E-state index in [-0.39, 0.29) is 0 Å². The summed E-state index contributed by atoms with van der Waals surface area (Å²) in [6.07, 6.45) is 8.09. The predicted molar refractivity (Wildman–Crippen MR) is 78.5 cm³/mol. The topological polar surface area (TPSA) is 27.0 Å². The Morgan fingerprint density at radius 3 is 2.74 bits per heavy atom. The summed E-state index contributed by atoms with van der Waals surface area (Å²) in [6, 6.07) is 8.70. The molecule has 3 heteroatoms. The van der Waals surface area contributed by atoms with Crippen molar-refractivity contribution in [3.05, 3.63) is 28.8 Å². The van der Waals surface area contributed by atoms with Gasteiger partial charge in [0, 0.05) is 18.3 Å². The second-order valence-corrected chi connectivity index (χ2v) is 6.13. The summed E-state index contributed by atoms with van der Waals surface area (Å²) in [7, 11) is 0. The Hall–Kier alpha value is -1.20. The van der Waals surface area contributed by atoms with Crippen molar-refractivity contribution in [3.8, 4) is 6.07 Å². The van der Waals surface area contributed by atoms with Gasteiger partial charge in [0.15, 0.2) is 0 Å². The molecule has 1 saturated carbocycles. The van der Waals surface area contributed by atoms with Crippen molar-refractivity contribution in [1.82, 2.24) is 0 Å². The van der Waals surface area contributed by atoms with Crippen molar-refractivity contribution in [2.24, 2.45) is 5.92 Å². The summed E-state index contributed by atoms with van der Waals surface area (Å²) in [6.45, 7) is 1.13. The second kappa shape index (κ2) is 5.43. The summed E-state index contributed by atoms with van der Waals surface area (Å²) in [5.41, 5.74) is 1.77. The molecule has 3 rings (SSSR count). The smallest absolute Gasteiger partial charge is 0.101 e. The lowest BCUT2D eigenvalue weighted by Gasteiger charge is -2.45. The van der Waals surface area contributed by atoms with E-state index in [1.807, 2.05) is 12.1 Å². The molecule has 1 aliphatic carbocycles. The van der Waals surface area contributed by atoms with Crippen LogP contribution in [0.1, 0.15) is 44.1 Å². The fourth-order valence-corrected chi connectivity index (χ4v) is 3.94. The molecule has 1 aliphatic heterocycles. The predicted octanol–water partition coefficient (Wildman–Crippen LogP) is 4.37. The number of nitriles is 1. The average molecular weight is 275 g/mol. The van der Waals surface area contributed by atoms with Crippen LogP contribution in [-0.2, 0) is 0 Å². The molecule has 0 aromatic heterocycles. The van der Waals surface area contributed by atoms with Crippen molar-refractivity contribution in [2.75, 3.05) is 11.4 Å². The van der Waals surface area contributed by atoms with Gasteiger partial charge >= 0.3 is 0 Å². The van der Waals surface area contributed by atoms with Crippen molar-refractivity contribution >= 4 is 17.3 Å². The highest BCUT2D eigenvalue weighted by Crippen LogP contribution is 2.38. The van der Waals surface area contributed by atoms with Gasteiger partial charge in [0.25, 0.3) is 0 Å². The van der Waals surface area contributed by atoms with Gasteiger partial charge < -0.3 is 4.90 Å². The largest absolute Gasteiger partial charge is 0.368 e. The molecule has 2 nitrogen and oxygen atoms in total. The molecule has 0 amide bonds. The molecular weight excluding hydrogens is 256 g/mol. The standard InChI is InChI=1S/C16H19ClN2/c17-15-10-14(8-7-13(15)11-18)19-9-3-5-12-4-1-2-6-16(12)19/h7-8,10,12,16H,1-6,9H2. The van der Waals surface area contributed by atoms with Gasteiger partial charge in [0.2, 0.25) is 0 Å². The van der Waals surface area contributed by atoms with E-state index in [1.54, 1.807) is 0 Å². The molecule has 0 bridgehead atoms. The maximum atomic E-state index is 8.96. The number of anilines is 1. The van der Waals surface area contributed by atoms with E-state index in [1.165, 1.54) is 44.2 Å². The first-order valence-corrected chi connectivity index (χ1v) is 7.63. The quantitative estimate of drug-likeness (QED) is 0.760. The van der Waals surface area contributed by atoms with Crippen LogP contribution in [0.25, 0.3) is 0 Å². The molecule has 19 heavy (non-hydrogen) atoms. The molecule has 100 valence electrons. The lowest BCUT2D eigenvalue weighted by molar-refractivity contribution is 0.244. The van der Waals surface area contributed by atoms with E-state index in [0.29, 0.717) is 16.6 Å². The third-order valence-corrected chi connectivity index (χ3v) is 4.96. The molecule has 2 unspecified atom stereocenters. The normalized spacial score (nSPS) is 26.6. The Labute approximate surface area is 120 Å². The van der Waals surface area contributed by atoms with Crippen LogP contribution in [0, 0.1) is 17.2 Å². The van der Waals surface area contributed by atoms with Crippen molar-refractivity contribution in [3.63, 3.8) is 0 Å². The highest BCUT2D eigenvalue weighted by atomic mass is 35.5. The Kier molecular flexibility index (Phi) is 3.66. The minimum Gasteiger partial charge on any atom is -0.368 e. The monoisotopic (exact) mass is 274 g/mol. The Morgan fingerprint density at radius 1 is 1.16 bits per heavy atom. The van der Waals surface area contributed by atoms with Gasteiger partial charge in [0.05, 0.1) is 10.6 Å². The minimum absolute atomic E-state index is 0.572. The molecule has 1 heterocycles. The number of fused-ring (bicyclic) bond motifs is 1. The van der Waals surface area contributed by atoms with Crippen molar-refractivity contribution in [2.45, 2.75) is 44.6 Å². The van der Waals surface area contributed by atoms with Crippen LogP contribution in [0.15, 0.2) is 18.2 Å². The number of hydrogen-bond acceptors (Lipinski definition) is 2. The first kappa shape index (κ1) is 12.8. The summed E-state index contributed by atoms with van der Waals surface area (Å²) in [5.74, 6) is 0.858. The molecular formula is C16H19ClN2. The zero-order valence-corrected chi connectivity index (χ0v) is 11.9. The van der Waals surface area contributed by atoms with Gasteiger partial charge in [-0.25, -0.2) is 0 Å². The van der Waals surface area contributed by atoms with E-state index in [0.717, 1.165) is 12.5 Å². The summed E-state index contributed by atoms with van der Waals surface area (Å²) in [4.78, 5) is 2.53. The van der Waals surface area contributed by atoms with Crippen LogP contribution in [-0.4, -0.2) is 12.6 Å². The lowest BCUT2D eigenvalue weighted by Crippen LogP contribution is -2.46. The fraction of sp³-hybridized carbons (Fsp3) is 0.562. The number of benzene rings is 1. The third-order valence-electron chi connectivity index (χ3n) is 4.65. The zero-order valence-electron chi connectivity index (χ0n) is 11.1. The Morgan fingerprint density at radius 2 is 1.95 bits per heavy atom. The summed E-state index contributed by atoms with van der Waals surface area (Å²) in [5, 5.41) is 9.54. The van der Waals surface area contributed by atoms with Gasteiger partial charge in [-0.3, -0.25) is 0 Å². The summed E-state index contributed by atoms with van der Waals surface area (Å²) >= 11 is 6.17. The van der Waals surface area contributed by atoms with Crippen LogP contribution in [0.5, 0.6) is 0 Å². The lowest BCUT2D eigenvalue weighted by atomic mass is 9.78. The molecule has 2 atom stereocenters. The molecule has 0 spiro atoms. The molecule has 2 aliphatic rings. The fourth-order valence-electron chi connectivity index (χ4n) is 3.72. The van der Waals surface area contributed by atoms with Crippen LogP contribution in [0.3, 0.4) is 0 Å². The maximum Gasteiger partial charge on any atom is 0.101 e. The molecule has 1 aromatic carbocycles. The molecule has 1 aromatic rings. The van der Waals surface area contributed by atoms with Crippen LogP contribution in [0.2, 0.25) is 5.02 Å². The van der Waals surface area contributed by atoms with Gasteiger partial charge in [-0.1, -0.05) is 24.4 Å². The van der Waals surface area contributed by atoms with Gasteiger partial charge in [-0.15, -0.1) is 0 Å². The van der Waals surface area contributed by atoms with Crippen LogP contribution in [0.4, 0.5) is 5.69 Å². The number of piperidine rings is 1. The van der Waals surface area contributed by atoms with E-state index in [4.69, 9.17) is 16.9 Å².